The molecule has 1 heterocycles. The van der Waals surface area contributed by atoms with E-state index >= 15 is 0 Å². The lowest BCUT2D eigenvalue weighted by Crippen LogP contribution is -2.31. The van der Waals surface area contributed by atoms with Gasteiger partial charge in [-0.05, 0) is 82.2 Å². The third kappa shape index (κ3) is 4.91. The van der Waals surface area contributed by atoms with Crippen LogP contribution in [-0.4, -0.2) is 31.8 Å². The van der Waals surface area contributed by atoms with Crippen molar-refractivity contribution in [3.63, 3.8) is 0 Å². The summed E-state index contributed by atoms with van der Waals surface area (Å²) in [7, 11) is 0. The summed E-state index contributed by atoms with van der Waals surface area (Å²) in [6, 6.07) is 5.09. The highest BCUT2D eigenvalue weighted by atomic mass is 16.5. The fourth-order valence-electron chi connectivity index (χ4n) is 3.35. The van der Waals surface area contributed by atoms with Crippen LogP contribution in [0.25, 0.3) is 12.2 Å². The molecule has 1 atom stereocenters. The van der Waals surface area contributed by atoms with Gasteiger partial charge in [-0.2, -0.15) is 0 Å². The highest BCUT2D eigenvalue weighted by Crippen LogP contribution is 2.45. The molecule has 1 aliphatic heterocycles. The fourth-order valence-corrected chi connectivity index (χ4v) is 3.35. The van der Waals surface area contributed by atoms with Gasteiger partial charge in [0.2, 0.25) is 0 Å². The molecule has 0 saturated carbocycles. The summed E-state index contributed by atoms with van der Waals surface area (Å²) in [5.74, 6) is -1.17. The molecule has 1 aliphatic rings. The van der Waals surface area contributed by atoms with E-state index in [0.29, 0.717) is 6.42 Å². The average Bonchev–Trinajstić information content (AvgIpc) is 2.70. The van der Waals surface area contributed by atoms with E-state index in [9.17, 15) is 25.2 Å². The Morgan fingerprint density at radius 2 is 1.84 bits per heavy atom. The van der Waals surface area contributed by atoms with E-state index in [1.165, 1.54) is 35.9 Å². The van der Waals surface area contributed by atoms with Gasteiger partial charge in [0.05, 0.1) is 11.1 Å². The molecule has 0 unspecified atom stereocenters. The molecule has 4 N–H and O–H groups in total. The Hall–Kier alpha value is -3.67. The molecule has 2 aromatic rings. The van der Waals surface area contributed by atoms with Crippen LogP contribution in [0.15, 0.2) is 48.1 Å². The Labute approximate surface area is 181 Å². The minimum Gasteiger partial charge on any atom is -0.508 e. The molecule has 6 heteroatoms. The van der Waals surface area contributed by atoms with E-state index in [-0.39, 0.29) is 45.4 Å². The van der Waals surface area contributed by atoms with Gasteiger partial charge >= 0.3 is 0 Å². The second-order valence-corrected chi connectivity index (χ2v) is 8.04. The molecular weight excluding hydrogens is 396 g/mol. The number of fused-ring (bicyclic) bond motifs is 1. The number of ether oxygens (including phenoxy) is 1. The first kappa shape index (κ1) is 22.0. The number of allylic oxidation sites excluding steroid dienone is 3. The number of hydrogen-bond donors (Lipinski definition) is 4. The van der Waals surface area contributed by atoms with Gasteiger partial charge in [0.1, 0.15) is 22.8 Å². The Balaban J connectivity index is 1.88. The van der Waals surface area contributed by atoms with Crippen molar-refractivity contribution in [2.24, 2.45) is 0 Å². The van der Waals surface area contributed by atoms with Crippen LogP contribution in [-0.2, 0) is 0 Å². The van der Waals surface area contributed by atoms with Crippen LogP contribution in [0.1, 0.15) is 55.1 Å². The van der Waals surface area contributed by atoms with Crippen molar-refractivity contribution in [2.75, 3.05) is 0 Å². The van der Waals surface area contributed by atoms with Crippen molar-refractivity contribution >= 4 is 17.9 Å². The molecule has 0 aliphatic carbocycles. The zero-order valence-corrected chi connectivity index (χ0v) is 17.7. The van der Waals surface area contributed by atoms with Gasteiger partial charge in [-0.15, -0.1) is 0 Å². The third-order valence-corrected chi connectivity index (χ3v) is 5.09. The molecule has 2 aromatic carbocycles. The van der Waals surface area contributed by atoms with Gasteiger partial charge in [0.15, 0.2) is 17.3 Å². The van der Waals surface area contributed by atoms with Crippen molar-refractivity contribution in [1.29, 1.82) is 0 Å². The molecular formula is C25H26O6. The van der Waals surface area contributed by atoms with Crippen LogP contribution in [0.5, 0.6) is 28.7 Å². The van der Waals surface area contributed by atoms with E-state index in [1.807, 2.05) is 26.8 Å². The minimum absolute atomic E-state index is 0.0610. The number of ketones is 1. The van der Waals surface area contributed by atoms with Gasteiger partial charge in [-0.25, -0.2) is 0 Å². The highest BCUT2D eigenvalue weighted by molar-refractivity contribution is 6.10. The number of aromatic hydroxyl groups is 4. The quantitative estimate of drug-likeness (QED) is 0.217. The third-order valence-electron chi connectivity index (χ3n) is 5.09. The number of carbonyl (C=O) groups is 1. The zero-order chi connectivity index (χ0) is 22.8. The number of carbonyl (C=O) groups excluding carboxylic acids is 1. The minimum atomic E-state index is -0.652. The van der Waals surface area contributed by atoms with Crippen LogP contribution < -0.4 is 4.74 Å². The van der Waals surface area contributed by atoms with Crippen LogP contribution in [0, 0.1) is 0 Å². The Morgan fingerprint density at radius 1 is 1.10 bits per heavy atom. The molecule has 0 saturated heterocycles. The number of phenols is 4. The first-order valence-corrected chi connectivity index (χ1v) is 9.94. The van der Waals surface area contributed by atoms with Crippen molar-refractivity contribution in [3.8, 4) is 28.7 Å². The van der Waals surface area contributed by atoms with Crippen molar-refractivity contribution in [3.05, 3.63) is 64.8 Å². The Morgan fingerprint density at radius 3 is 2.55 bits per heavy atom. The summed E-state index contributed by atoms with van der Waals surface area (Å²) in [5, 5.41) is 40.5. The number of phenolic OH excluding ortho intramolecular Hbond substituents is 4. The number of benzene rings is 2. The summed E-state index contributed by atoms with van der Waals surface area (Å²) < 4.78 is 5.99. The standard InChI is InChI=1S/C25H26O6/c1-15(2)5-4-11-25(3)12-10-18-23(30)19(14-22(29)24(18)31-25)21(28)8-6-16-13-17(26)7-9-20(16)27/h5-10,12-14,26-27,29-30H,4,11H2,1-3H3/t25-/m1/s1. The molecule has 162 valence electrons. The molecule has 0 fully saturated rings. The van der Waals surface area contributed by atoms with E-state index < -0.39 is 11.4 Å². The smallest absolute Gasteiger partial charge is 0.189 e. The lowest BCUT2D eigenvalue weighted by Gasteiger charge is -2.32. The summed E-state index contributed by atoms with van der Waals surface area (Å²) >= 11 is 0. The summed E-state index contributed by atoms with van der Waals surface area (Å²) in [6.45, 7) is 5.94. The first-order valence-electron chi connectivity index (χ1n) is 9.94. The zero-order valence-electron chi connectivity index (χ0n) is 17.7. The molecule has 0 radical (unpaired) electrons. The first-order chi connectivity index (χ1) is 14.6. The largest absolute Gasteiger partial charge is 0.508 e. The van der Waals surface area contributed by atoms with Crippen molar-refractivity contribution in [2.45, 2.75) is 39.2 Å². The monoisotopic (exact) mass is 422 g/mol. The van der Waals surface area contributed by atoms with Gasteiger partial charge in [0.25, 0.3) is 0 Å². The maximum absolute atomic E-state index is 12.6. The normalized spacial score (nSPS) is 17.3. The van der Waals surface area contributed by atoms with Gasteiger partial charge in [-0.3, -0.25) is 4.79 Å². The highest BCUT2D eigenvalue weighted by Gasteiger charge is 2.31. The van der Waals surface area contributed by atoms with Gasteiger partial charge in [0, 0.05) is 5.56 Å². The predicted molar refractivity (Wildman–Crippen MR) is 120 cm³/mol. The second-order valence-electron chi connectivity index (χ2n) is 8.04. The van der Waals surface area contributed by atoms with E-state index in [1.54, 1.807) is 6.08 Å². The number of hydrogen-bond acceptors (Lipinski definition) is 6. The molecule has 0 spiro atoms. The predicted octanol–water partition coefficient (Wildman–Crippen LogP) is 5.32. The molecule has 0 bridgehead atoms. The summed E-state index contributed by atoms with van der Waals surface area (Å²) in [4.78, 5) is 12.6. The average molecular weight is 422 g/mol. The Kier molecular flexibility index (Phi) is 6.11. The van der Waals surface area contributed by atoms with Crippen LogP contribution >= 0.6 is 0 Å². The lowest BCUT2D eigenvalue weighted by molar-refractivity contribution is 0.104. The van der Waals surface area contributed by atoms with Crippen molar-refractivity contribution in [1.82, 2.24) is 0 Å². The van der Waals surface area contributed by atoms with E-state index in [4.69, 9.17) is 4.74 Å². The lowest BCUT2D eigenvalue weighted by atomic mass is 9.92. The van der Waals surface area contributed by atoms with E-state index in [2.05, 4.69) is 6.08 Å². The maximum atomic E-state index is 12.6. The Bertz CT molecular complexity index is 1110. The summed E-state index contributed by atoms with van der Waals surface area (Å²) in [6.07, 6.45) is 9.51. The molecule has 0 aromatic heterocycles. The second kappa shape index (κ2) is 8.60. The van der Waals surface area contributed by atoms with Crippen LogP contribution in [0.4, 0.5) is 0 Å². The fraction of sp³-hybridized carbons (Fsp3) is 0.240. The molecule has 3 rings (SSSR count). The maximum Gasteiger partial charge on any atom is 0.189 e. The van der Waals surface area contributed by atoms with E-state index in [0.717, 1.165) is 12.5 Å². The molecule has 0 amide bonds. The number of rotatable bonds is 6. The van der Waals surface area contributed by atoms with Crippen molar-refractivity contribution < 1.29 is 30.0 Å². The summed E-state index contributed by atoms with van der Waals surface area (Å²) in [5.41, 5.74) is 0.927. The van der Waals surface area contributed by atoms with Crippen LogP contribution in [0.3, 0.4) is 0 Å². The SMILES string of the molecule is CC(C)=CCC[C@]1(C)C=Cc2c(O)c(C(=O)C=Cc3cc(O)ccc3O)cc(O)c2O1. The van der Waals surface area contributed by atoms with Gasteiger partial charge in [-0.1, -0.05) is 11.6 Å². The van der Waals surface area contributed by atoms with Gasteiger partial charge < -0.3 is 25.2 Å². The molecule has 6 nitrogen and oxygen atoms in total. The topological polar surface area (TPSA) is 107 Å². The molecule has 31 heavy (non-hydrogen) atoms. The van der Waals surface area contributed by atoms with Crippen LogP contribution in [0.2, 0.25) is 0 Å².